The van der Waals surface area contributed by atoms with Crippen LogP contribution in [0, 0.1) is 90.6 Å². The Balaban J connectivity index is 1.21. The maximum Gasteiger partial charge on any atom is 0.138 e. The molecule has 0 heterocycles. The molecule has 0 unspecified atom stereocenters. The van der Waals surface area contributed by atoms with Crippen LogP contribution in [0.4, 0.5) is 34.1 Å². The summed E-state index contributed by atoms with van der Waals surface area (Å²) in [5.41, 5.74) is 9.34. The van der Waals surface area contributed by atoms with E-state index in [1.165, 1.54) is 0 Å². The standard InChI is InChI=1S/C73H52N10/c1-3-5-39-73(40-6-4-2)67-41-53(71(57(47-78)48-79)69(55(43-74)44-75)51-27-33-63(34-28-51)82(59-19-11-7-12-20-59)60-21-13-8-14-22-60)31-37-65(67)66-38-32-54(42-68(66)73)72(58(49-80)50-81)70(56(45-76)46-77)52-29-35-64(36-30-52)83(61-23-15-9-16-24-61)62-25-17-10-18-26-62/h7-38,41-42H,3-6,39-40H2,1-2H3. The number of unbranched alkanes of at least 4 members (excludes halogenated alkanes) is 2. The lowest BCUT2D eigenvalue weighted by atomic mass is 9.69. The van der Waals surface area contributed by atoms with Gasteiger partial charge in [-0.1, -0.05) is 161 Å². The van der Waals surface area contributed by atoms with Gasteiger partial charge in [-0.15, -0.1) is 0 Å². The average molecular weight is 1070 g/mol. The number of hydrogen-bond acceptors (Lipinski definition) is 10. The number of nitriles is 8. The van der Waals surface area contributed by atoms with Crippen LogP contribution in [0.3, 0.4) is 0 Å². The van der Waals surface area contributed by atoms with Crippen LogP contribution in [-0.2, 0) is 5.41 Å². The van der Waals surface area contributed by atoms with Gasteiger partial charge in [0.05, 0.1) is 0 Å². The van der Waals surface area contributed by atoms with Crippen molar-refractivity contribution in [2.75, 3.05) is 9.80 Å². The normalized spacial score (nSPS) is 11.1. The zero-order chi connectivity index (χ0) is 58.3. The van der Waals surface area contributed by atoms with E-state index < -0.39 is 5.41 Å². The van der Waals surface area contributed by atoms with Gasteiger partial charge in [0, 0.05) is 61.8 Å². The van der Waals surface area contributed by atoms with E-state index in [0.29, 0.717) is 35.1 Å². The molecule has 394 valence electrons. The van der Waals surface area contributed by atoms with Crippen LogP contribution in [0.15, 0.2) is 229 Å². The summed E-state index contributed by atoms with van der Waals surface area (Å²) in [5, 5.41) is 86.0. The predicted octanol–water partition coefficient (Wildman–Crippen LogP) is 17.9. The number of benzene rings is 8. The van der Waals surface area contributed by atoms with Gasteiger partial charge in [-0.3, -0.25) is 0 Å². The summed E-state index contributed by atoms with van der Waals surface area (Å²) in [6.45, 7) is 4.24. The molecule has 0 aromatic heterocycles. The monoisotopic (exact) mass is 1070 g/mol. The van der Waals surface area contributed by atoms with E-state index in [0.717, 1.165) is 82.1 Å². The predicted molar refractivity (Wildman–Crippen MR) is 327 cm³/mol. The number of para-hydroxylation sites is 4. The highest BCUT2D eigenvalue weighted by molar-refractivity contribution is 6.13. The summed E-state index contributed by atoms with van der Waals surface area (Å²) in [7, 11) is 0. The smallest absolute Gasteiger partial charge is 0.138 e. The Hall–Kier alpha value is -11.8. The minimum Gasteiger partial charge on any atom is -0.311 e. The second-order valence-corrected chi connectivity index (χ2v) is 19.8. The summed E-state index contributed by atoms with van der Waals surface area (Å²) >= 11 is 0. The van der Waals surface area contributed by atoms with Crippen LogP contribution >= 0.6 is 0 Å². The Morgan fingerprint density at radius 3 is 0.807 bits per heavy atom. The van der Waals surface area contributed by atoms with Gasteiger partial charge < -0.3 is 9.80 Å². The lowest BCUT2D eigenvalue weighted by molar-refractivity contribution is 0.414. The van der Waals surface area contributed by atoms with Crippen molar-refractivity contribution in [1.29, 1.82) is 42.1 Å². The molecule has 0 amide bonds. The molecule has 0 bridgehead atoms. The van der Waals surface area contributed by atoms with Crippen LogP contribution in [-0.4, -0.2) is 0 Å². The van der Waals surface area contributed by atoms with Gasteiger partial charge in [-0.25, -0.2) is 0 Å². The molecular formula is C73H52N10. The topological polar surface area (TPSA) is 197 Å². The van der Waals surface area contributed by atoms with Gasteiger partial charge in [0.2, 0.25) is 0 Å². The van der Waals surface area contributed by atoms with E-state index in [4.69, 9.17) is 0 Å². The molecule has 9 rings (SSSR count). The molecule has 0 N–H and O–H groups in total. The largest absolute Gasteiger partial charge is 0.311 e. The van der Waals surface area contributed by atoms with E-state index in [1.807, 2.05) is 182 Å². The molecule has 1 aliphatic carbocycles. The second kappa shape index (κ2) is 25.8. The van der Waals surface area contributed by atoms with Gasteiger partial charge in [-0.05, 0) is 142 Å². The van der Waals surface area contributed by atoms with Crippen LogP contribution in [0.2, 0.25) is 0 Å². The first-order valence-electron chi connectivity index (χ1n) is 27.3. The van der Waals surface area contributed by atoms with Crippen molar-refractivity contribution >= 4 is 56.4 Å². The van der Waals surface area contributed by atoms with Crippen molar-refractivity contribution < 1.29 is 0 Å². The van der Waals surface area contributed by atoms with E-state index >= 15 is 0 Å². The Kier molecular flexibility index (Phi) is 17.4. The Bertz CT molecular complexity index is 3810. The second-order valence-electron chi connectivity index (χ2n) is 19.8. The van der Waals surface area contributed by atoms with Crippen LogP contribution in [0.1, 0.15) is 85.8 Å². The third-order valence-corrected chi connectivity index (χ3v) is 15.1. The molecule has 10 heteroatoms. The Morgan fingerprint density at radius 1 is 0.313 bits per heavy atom. The van der Waals surface area contributed by atoms with Gasteiger partial charge in [0.25, 0.3) is 0 Å². The lowest BCUT2D eigenvalue weighted by Crippen LogP contribution is -2.26. The first-order valence-corrected chi connectivity index (χ1v) is 27.3. The molecule has 0 atom stereocenters. The van der Waals surface area contributed by atoms with Crippen molar-refractivity contribution in [2.45, 2.75) is 57.8 Å². The fourth-order valence-corrected chi connectivity index (χ4v) is 11.4. The lowest BCUT2D eigenvalue weighted by Gasteiger charge is -2.33. The summed E-state index contributed by atoms with van der Waals surface area (Å²) in [4.78, 5) is 4.16. The third-order valence-electron chi connectivity index (χ3n) is 15.1. The van der Waals surface area contributed by atoms with Crippen LogP contribution in [0.25, 0.3) is 33.4 Å². The Labute approximate surface area is 485 Å². The summed E-state index contributed by atoms with van der Waals surface area (Å²) in [5.74, 6) is 0. The molecule has 1 aliphatic rings. The van der Waals surface area contributed by atoms with Crippen molar-refractivity contribution in [1.82, 2.24) is 0 Å². The van der Waals surface area contributed by atoms with Crippen molar-refractivity contribution in [3.8, 4) is 59.7 Å². The number of fused-ring (bicyclic) bond motifs is 3. The van der Waals surface area contributed by atoms with Crippen LogP contribution in [0.5, 0.6) is 0 Å². The third kappa shape index (κ3) is 11.0. The number of hydrogen-bond donors (Lipinski definition) is 0. The minimum absolute atomic E-state index is 0.136. The molecule has 0 fully saturated rings. The molecular weight excluding hydrogens is 1020 g/mol. The van der Waals surface area contributed by atoms with Gasteiger partial charge in [0.15, 0.2) is 0 Å². The number of nitrogens with zero attached hydrogens (tertiary/aromatic N) is 10. The van der Waals surface area contributed by atoms with E-state index in [1.54, 1.807) is 24.3 Å². The number of allylic oxidation sites excluding steroid dienone is 8. The zero-order valence-electron chi connectivity index (χ0n) is 45.8. The number of anilines is 6. The van der Waals surface area contributed by atoms with Gasteiger partial charge in [-0.2, -0.15) is 42.1 Å². The molecule has 8 aromatic rings. The highest BCUT2D eigenvalue weighted by Gasteiger charge is 2.43. The Morgan fingerprint density at radius 2 is 0.554 bits per heavy atom. The van der Waals surface area contributed by atoms with Gasteiger partial charge in [0.1, 0.15) is 70.8 Å². The fraction of sp³-hybridized carbons (Fsp3) is 0.123. The molecule has 10 nitrogen and oxygen atoms in total. The van der Waals surface area contributed by atoms with Crippen molar-refractivity contribution in [3.63, 3.8) is 0 Å². The van der Waals surface area contributed by atoms with Crippen molar-refractivity contribution in [3.05, 3.63) is 262 Å². The quantitative estimate of drug-likeness (QED) is 0.0589. The van der Waals surface area contributed by atoms with Crippen molar-refractivity contribution in [2.24, 2.45) is 0 Å². The highest BCUT2D eigenvalue weighted by Crippen LogP contribution is 2.56. The first kappa shape index (κ1) is 56.0. The highest BCUT2D eigenvalue weighted by atomic mass is 15.1. The summed E-state index contributed by atoms with van der Waals surface area (Å²) in [6.07, 6.45) is 4.62. The molecule has 83 heavy (non-hydrogen) atoms. The molecule has 0 aliphatic heterocycles. The van der Waals surface area contributed by atoms with Crippen LogP contribution < -0.4 is 9.80 Å². The molecule has 8 aromatic carbocycles. The maximum absolute atomic E-state index is 10.8. The SMILES string of the molecule is CCCCC1(CCCC)c2cc(C(=C(C#N)C#N)C(=C(C#N)C#N)c3ccc(N(c4ccccc4)c4ccccc4)cc3)ccc2-c2ccc(C(=C(C#N)C#N)C(=C(C#N)C#N)c3ccc(N(c4ccccc4)c4ccccc4)cc3)cc21. The molecule has 0 spiro atoms. The minimum atomic E-state index is -0.716. The van der Waals surface area contributed by atoms with Gasteiger partial charge >= 0.3 is 0 Å². The molecule has 0 saturated carbocycles. The zero-order valence-corrected chi connectivity index (χ0v) is 45.8. The van der Waals surface area contributed by atoms with E-state index in [-0.39, 0.29) is 44.6 Å². The molecule has 0 radical (unpaired) electrons. The van der Waals surface area contributed by atoms with E-state index in [2.05, 4.69) is 72.2 Å². The first-order chi connectivity index (χ1) is 40.8. The summed E-state index contributed by atoms with van der Waals surface area (Å²) < 4.78 is 0. The van der Waals surface area contributed by atoms with E-state index in [9.17, 15) is 42.1 Å². The maximum atomic E-state index is 10.8. The average Bonchev–Trinajstić information content (AvgIpc) is 2.34. The fourth-order valence-electron chi connectivity index (χ4n) is 11.4. The summed E-state index contributed by atoms with van der Waals surface area (Å²) in [6, 6.07) is 82.5. The number of rotatable bonds is 18. The molecule has 0 saturated heterocycles.